The van der Waals surface area contributed by atoms with Crippen molar-refractivity contribution in [3.05, 3.63) is 65.5 Å². The molecule has 0 saturated heterocycles. The van der Waals surface area contributed by atoms with Crippen molar-refractivity contribution in [1.82, 2.24) is 15.5 Å². The van der Waals surface area contributed by atoms with E-state index in [9.17, 15) is 13.6 Å². The number of hydrogen-bond donors (Lipinski definition) is 2. The summed E-state index contributed by atoms with van der Waals surface area (Å²) in [4.78, 5) is 17.2. The maximum Gasteiger partial charge on any atom is 0.255 e. The lowest BCUT2D eigenvalue weighted by atomic mass is 10.1. The minimum absolute atomic E-state index is 0.0575. The lowest BCUT2D eigenvalue weighted by Crippen LogP contribution is -2.20. The van der Waals surface area contributed by atoms with E-state index in [0.29, 0.717) is 42.0 Å². The lowest BCUT2D eigenvalue weighted by Gasteiger charge is -2.09. The van der Waals surface area contributed by atoms with E-state index in [1.807, 2.05) is 30.3 Å². The van der Waals surface area contributed by atoms with Crippen LogP contribution in [0.15, 0.2) is 53.1 Å². The first-order chi connectivity index (χ1) is 15.6. The van der Waals surface area contributed by atoms with Crippen LogP contribution in [0.5, 0.6) is 0 Å². The van der Waals surface area contributed by atoms with Gasteiger partial charge < -0.3 is 19.7 Å². The van der Waals surface area contributed by atoms with Gasteiger partial charge in [0, 0.05) is 41.6 Å². The highest BCUT2D eigenvalue weighted by molar-refractivity contribution is 7.79. The molecule has 1 atom stereocenters. The van der Waals surface area contributed by atoms with Gasteiger partial charge in [0.1, 0.15) is 0 Å². The quantitative estimate of drug-likeness (QED) is 0.375. The number of aromatic nitrogens is 2. The molecule has 0 radical (unpaired) electrons. The van der Waals surface area contributed by atoms with Gasteiger partial charge in [-0.05, 0) is 54.8 Å². The van der Waals surface area contributed by atoms with Crippen molar-refractivity contribution in [3.63, 3.8) is 0 Å². The van der Waals surface area contributed by atoms with E-state index in [2.05, 4.69) is 20.8 Å². The third kappa shape index (κ3) is 5.87. The Hall–Kier alpha value is -2.88. The molecule has 0 aliphatic heterocycles. The highest BCUT2D eigenvalue weighted by Gasteiger charge is 2.23. The van der Waals surface area contributed by atoms with Crippen molar-refractivity contribution in [2.24, 2.45) is 0 Å². The van der Waals surface area contributed by atoms with E-state index in [1.54, 1.807) is 18.2 Å². The fourth-order valence-electron chi connectivity index (χ4n) is 3.81. The molecule has 9 heteroatoms. The molecule has 2 N–H and O–H groups in total. The van der Waals surface area contributed by atoms with Gasteiger partial charge in [-0.25, -0.2) is 0 Å². The van der Waals surface area contributed by atoms with Gasteiger partial charge in [-0.3, -0.25) is 9.00 Å². The Bertz CT molecular complexity index is 1080. The predicted octanol–water partition coefficient (Wildman–Crippen LogP) is 3.62. The van der Waals surface area contributed by atoms with Crippen LogP contribution in [0.1, 0.15) is 53.4 Å². The summed E-state index contributed by atoms with van der Waals surface area (Å²) in [6, 6.07) is 14.6. The molecule has 1 heterocycles. The molecule has 1 saturated carbocycles. The number of benzene rings is 2. The predicted molar refractivity (Wildman–Crippen MR) is 121 cm³/mol. The van der Waals surface area contributed by atoms with Crippen molar-refractivity contribution in [2.45, 2.75) is 38.1 Å². The molecule has 0 bridgehead atoms. The zero-order valence-electron chi connectivity index (χ0n) is 17.6. The minimum Gasteiger partial charge on any atom is -0.772 e. The molecule has 8 nitrogen and oxygen atoms in total. The van der Waals surface area contributed by atoms with Crippen LogP contribution in [0.25, 0.3) is 11.4 Å². The first-order valence-corrected chi connectivity index (χ1v) is 11.9. The van der Waals surface area contributed by atoms with Crippen LogP contribution in [-0.4, -0.2) is 37.1 Å². The Morgan fingerprint density at radius 3 is 2.69 bits per heavy atom. The molecule has 1 unspecified atom stereocenters. The topological polar surface area (TPSA) is 120 Å². The second-order valence-corrected chi connectivity index (χ2v) is 8.87. The Labute approximate surface area is 189 Å². The van der Waals surface area contributed by atoms with Gasteiger partial charge in [0.15, 0.2) is 0 Å². The van der Waals surface area contributed by atoms with E-state index in [1.165, 1.54) is 12.8 Å². The van der Waals surface area contributed by atoms with Gasteiger partial charge in [0.25, 0.3) is 5.91 Å². The second-order valence-electron chi connectivity index (χ2n) is 7.85. The van der Waals surface area contributed by atoms with Crippen LogP contribution in [0.2, 0.25) is 0 Å². The van der Waals surface area contributed by atoms with Crippen LogP contribution in [0, 0.1) is 0 Å². The SMILES string of the molecule is O=C(Nc1ccc(-c2noc(C3CCCC3)n2)cc1)c1cccc(CNCCS(=O)[O-])c1. The van der Waals surface area contributed by atoms with Crippen LogP contribution in [-0.2, 0) is 17.6 Å². The first kappa shape index (κ1) is 22.3. The zero-order valence-corrected chi connectivity index (χ0v) is 18.4. The first-order valence-electron chi connectivity index (χ1n) is 10.7. The Balaban J connectivity index is 1.34. The third-order valence-electron chi connectivity index (χ3n) is 5.51. The van der Waals surface area contributed by atoms with Gasteiger partial charge in [-0.15, -0.1) is 0 Å². The van der Waals surface area contributed by atoms with Gasteiger partial charge in [0.05, 0.1) is 0 Å². The van der Waals surface area contributed by atoms with Gasteiger partial charge in [-0.2, -0.15) is 4.98 Å². The second kappa shape index (κ2) is 10.6. The van der Waals surface area contributed by atoms with E-state index in [0.717, 1.165) is 24.0 Å². The number of anilines is 1. The lowest BCUT2D eigenvalue weighted by molar-refractivity contribution is 0.102. The highest BCUT2D eigenvalue weighted by Crippen LogP contribution is 2.34. The van der Waals surface area contributed by atoms with Gasteiger partial charge in [0.2, 0.25) is 11.7 Å². The largest absolute Gasteiger partial charge is 0.772 e. The molecule has 1 aliphatic rings. The Morgan fingerprint density at radius 2 is 1.94 bits per heavy atom. The highest BCUT2D eigenvalue weighted by atomic mass is 32.2. The number of rotatable bonds is 9. The van der Waals surface area contributed by atoms with E-state index in [-0.39, 0.29) is 11.7 Å². The summed E-state index contributed by atoms with van der Waals surface area (Å²) in [7, 11) is 0. The number of carbonyl (C=O) groups excluding carboxylic acids is 1. The minimum atomic E-state index is -2.06. The van der Waals surface area contributed by atoms with Crippen molar-refractivity contribution < 1.29 is 18.1 Å². The summed E-state index contributed by atoms with van der Waals surface area (Å²) in [6.45, 7) is 0.849. The maximum atomic E-state index is 12.6. The normalized spacial score (nSPS) is 15.0. The van der Waals surface area contributed by atoms with Gasteiger partial charge >= 0.3 is 0 Å². The molecule has 4 rings (SSSR count). The molecular formula is C23H25N4O4S-. The third-order valence-corrected chi connectivity index (χ3v) is 6.05. The number of amides is 1. The number of nitrogens with one attached hydrogen (secondary N) is 2. The molecule has 1 fully saturated rings. The Morgan fingerprint density at radius 1 is 1.16 bits per heavy atom. The summed E-state index contributed by atoms with van der Waals surface area (Å²) in [5, 5.41) is 10.0. The fraction of sp³-hybridized carbons (Fsp3) is 0.348. The molecule has 1 aromatic heterocycles. The molecule has 168 valence electrons. The van der Waals surface area contributed by atoms with Crippen LogP contribution in [0.4, 0.5) is 5.69 Å². The molecule has 32 heavy (non-hydrogen) atoms. The van der Waals surface area contributed by atoms with Crippen molar-refractivity contribution in [2.75, 3.05) is 17.6 Å². The summed E-state index contributed by atoms with van der Waals surface area (Å²) >= 11 is -2.06. The summed E-state index contributed by atoms with van der Waals surface area (Å²) < 4.78 is 26.6. The smallest absolute Gasteiger partial charge is 0.255 e. The molecule has 3 aromatic rings. The van der Waals surface area contributed by atoms with E-state index < -0.39 is 11.1 Å². The van der Waals surface area contributed by atoms with Crippen molar-refractivity contribution in [3.8, 4) is 11.4 Å². The average Bonchev–Trinajstić information content (AvgIpc) is 3.49. The molecule has 2 aromatic carbocycles. The summed E-state index contributed by atoms with van der Waals surface area (Å²) in [5.74, 6) is 1.48. The molecule has 0 spiro atoms. The number of carbonyl (C=O) groups is 1. The van der Waals surface area contributed by atoms with Crippen LogP contribution in [0.3, 0.4) is 0 Å². The zero-order chi connectivity index (χ0) is 22.3. The standard InChI is InChI=1S/C23H26N4O4S/c28-22(19-7-3-4-16(14-19)15-24-12-13-32(29)30)25-20-10-8-17(9-11-20)21-26-23(31-27-21)18-5-1-2-6-18/h3-4,7-11,14,18,24H,1-2,5-6,12-13,15H2,(H,25,28)(H,29,30)/p-1. The van der Waals surface area contributed by atoms with Crippen molar-refractivity contribution in [1.29, 1.82) is 0 Å². The summed E-state index contributed by atoms with van der Waals surface area (Å²) in [5.41, 5.74) is 2.93. The van der Waals surface area contributed by atoms with E-state index in [4.69, 9.17) is 4.52 Å². The Kier molecular flexibility index (Phi) is 7.41. The van der Waals surface area contributed by atoms with Crippen LogP contribution >= 0.6 is 0 Å². The maximum absolute atomic E-state index is 12.6. The van der Waals surface area contributed by atoms with E-state index >= 15 is 0 Å². The number of nitrogens with zero attached hydrogens (tertiary/aromatic N) is 2. The van der Waals surface area contributed by atoms with Crippen LogP contribution < -0.4 is 10.6 Å². The van der Waals surface area contributed by atoms with Gasteiger partial charge in [-0.1, -0.05) is 41.2 Å². The molecule has 1 amide bonds. The number of hydrogen-bond acceptors (Lipinski definition) is 7. The molecule has 1 aliphatic carbocycles. The summed E-state index contributed by atoms with van der Waals surface area (Å²) in [6.07, 6.45) is 4.62. The fourth-order valence-corrected chi connectivity index (χ4v) is 4.12. The average molecular weight is 454 g/mol. The van der Waals surface area contributed by atoms with Crippen molar-refractivity contribution >= 4 is 22.7 Å². The molecular weight excluding hydrogens is 428 g/mol. The monoisotopic (exact) mass is 453 g/mol.